The summed E-state index contributed by atoms with van der Waals surface area (Å²) in [4.78, 5) is 0. The van der Waals surface area contributed by atoms with E-state index in [9.17, 15) is 26.3 Å². The molecule has 5 rings (SSSR count). The largest absolute Gasteiger partial charge is 0.508 e. The molecule has 0 unspecified atom stereocenters. The Labute approximate surface area is 244 Å². The summed E-state index contributed by atoms with van der Waals surface area (Å²) in [6, 6.07) is 32.0. The van der Waals surface area contributed by atoms with Gasteiger partial charge in [0.1, 0.15) is 11.5 Å². The summed E-state index contributed by atoms with van der Waals surface area (Å²) in [5.74, 6) is -0.337. The third-order valence-corrected chi connectivity index (χ3v) is 4.49. The Morgan fingerprint density at radius 1 is 0.600 bits per heavy atom. The van der Waals surface area contributed by atoms with Gasteiger partial charge in [0.25, 0.3) is 0 Å². The van der Waals surface area contributed by atoms with E-state index in [1.54, 1.807) is 23.3 Å². The van der Waals surface area contributed by atoms with Crippen LogP contribution in [0, 0.1) is 0 Å². The third kappa shape index (κ3) is 15.5. The Morgan fingerprint density at radius 3 is 1.32 bits per heavy atom. The van der Waals surface area contributed by atoms with Crippen molar-refractivity contribution in [1.82, 2.24) is 0 Å². The van der Waals surface area contributed by atoms with Gasteiger partial charge in [-0.25, -0.2) is 12.1 Å². The second-order valence-corrected chi connectivity index (χ2v) is 17.6. The molecule has 210 valence electrons. The molecule has 0 radical (unpaired) electrons. The van der Waals surface area contributed by atoms with Crippen LogP contribution in [0.25, 0.3) is 10.8 Å². The van der Waals surface area contributed by atoms with Gasteiger partial charge < -0.3 is 10.2 Å². The number of hydrogen-bond acceptors (Lipinski definition) is 2. The molecule has 0 spiro atoms. The van der Waals surface area contributed by atoms with Crippen LogP contribution in [-0.2, 0) is 35.7 Å². The van der Waals surface area contributed by atoms with Crippen molar-refractivity contribution in [1.29, 1.82) is 0 Å². The second kappa shape index (κ2) is 17.6. The monoisotopic (exact) mass is 652 g/mol. The molecular formula is C30H28F6O2SiZr. The molecule has 10 heteroatoms. The van der Waals surface area contributed by atoms with Gasteiger partial charge in [0.2, 0.25) is 0 Å². The molecule has 5 aromatic rings. The zero-order valence-corrected chi connectivity index (χ0v) is 25.2. The van der Waals surface area contributed by atoms with E-state index in [1.807, 2.05) is 30.3 Å². The fraction of sp³-hybridized carbons (Fsp3) is 0.133. The van der Waals surface area contributed by atoms with Crippen molar-refractivity contribution in [2.75, 3.05) is 0 Å². The molecule has 2 N–H and O–H groups in total. The Morgan fingerprint density at radius 2 is 1.00 bits per heavy atom. The molecule has 0 atom stereocenters. The first-order chi connectivity index (χ1) is 18.7. The van der Waals surface area contributed by atoms with Crippen LogP contribution in [0.3, 0.4) is 0 Å². The molecule has 0 saturated heterocycles. The minimum absolute atomic E-state index is 0.169. The summed E-state index contributed by atoms with van der Waals surface area (Å²) in [5.41, 5.74) is -1.30. The Kier molecular flexibility index (Phi) is 15.3. The normalized spacial score (nSPS) is 10.3. The van der Waals surface area contributed by atoms with Crippen LogP contribution in [0.2, 0.25) is 13.1 Å². The van der Waals surface area contributed by atoms with Crippen molar-refractivity contribution in [3.8, 4) is 11.5 Å². The first-order valence-electron chi connectivity index (χ1n) is 11.7. The summed E-state index contributed by atoms with van der Waals surface area (Å²) < 4.78 is 71.0. The minimum atomic E-state index is -4.33. The first kappa shape index (κ1) is 34.9. The second-order valence-electron chi connectivity index (χ2n) is 8.21. The van der Waals surface area contributed by atoms with Crippen molar-refractivity contribution in [2.24, 2.45) is 0 Å². The number of phenolic OH excluding ortho intramolecular Hbond substituents is 2. The van der Waals surface area contributed by atoms with Crippen LogP contribution >= 0.6 is 0 Å². The van der Waals surface area contributed by atoms with Gasteiger partial charge in [-0.15, -0.1) is 29.7 Å². The zero-order chi connectivity index (χ0) is 30.2. The Bertz CT molecular complexity index is 1250. The standard InChI is InChI=1S/C9H7.2C7H5F3O.C5H5.C2H6Si.Zr/c1-2-5-9-7-3-6-8(9)4-1;2*8-7(9,10)5-1-3-6(11)4-2-5;1-2-4-5-3-1;1-3-2;/h1-7H;2*1-4,11H;1-5H;1-2H3;/q-1;;;-1;;+2. The van der Waals surface area contributed by atoms with Crippen molar-refractivity contribution in [2.45, 2.75) is 25.4 Å². The average Bonchev–Trinajstić information content (AvgIpc) is 3.59. The fourth-order valence-electron chi connectivity index (χ4n) is 2.69. The maximum Gasteiger partial charge on any atom is 0.416 e. The predicted octanol–water partition coefficient (Wildman–Crippen LogP) is 9.57. The van der Waals surface area contributed by atoms with Crippen molar-refractivity contribution in [3.05, 3.63) is 132 Å². The molecule has 0 aliphatic heterocycles. The SMILES string of the molecule is C[Si](C)=[Zr+2].Oc1ccc(C(F)(F)F)cc1.Oc1ccc(C(F)(F)F)cc1.c1cc[cH-]c1.c1ccc2[cH-]ccc2c1. The maximum atomic E-state index is 11.8. The van der Waals surface area contributed by atoms with Crippen molar-refractivity contribution < 1.29 is 59.9 Å². The third-order valence-electron chi connectivity index (χ3n) is 4.49. The summed E-state index contributed by atoms with van der Waals surface area (Å²) >= 11 is 1.74. The van der Waals surface area contributed by atoms with E-state index in [1.165, 1.54) is 10.8 Å². The number of alkyl halides is 6. The van der Waals surface area contributed by atoms with Gasteiger partial charge in [-0.3, -0.25) is 0 Å². The predicted molar refractivity (Wildman–Crippen MR) is 145 cm³/mol. The first-order valence-corrected chi connectivity index (χ1v) is 17.9. The number of halogens is 6. The van der Waals surface area contributed by atoms with Crippen molar-refractivity contribution in [3.63, 3.8) is 0 Å². The van der Waals surface area contributed by atoms with E-state index in [0.717, 1.165) is 48.5 Å². The Hall–Kier alpha value is -3.10. The smallest absolute Gasteiger partial charge is 0.416 e. The van der Waals surface area contributed by atoms with E-state index in [2.05, 4.69) is 55.6 Å². The van der Waals surface area contributed by atoms with E-state index in [-0.39, 0.29) is 16.9 Å². The molecule has 2 nitrogen and oxygen atoms in total. The maximum absolute atomic E-state index is 11.8. The van der Waals surface area contributed by atoms with Crippen molar-refractivity contribution >= 4 is 16.2 Å². The zero-order valence-electron chi connectivity index (χ0n) is 21.7. The van der Waals surface area contributed by atoms with Gasteiger partial charge in [0.05, 0.1) is 11.1 Å². The summed E-state index contributed by atoms with van der Waals surface area (Å²) in [6.07, 6.45) is -8.65. The van der Waals surface area contributed by atoms with Gasteiger partial charge in [-0.05, 0) is 48.5 Å². The molecule has 0 saturated carbocycles. The van der Waals surface area contributed by atoms with Crippen LogP contribution in [0.15, 0.2) is 121 Å². The average molecular weight is 654 g/mol. The molecular weight excluding hydrogens is 626 g/mol. The van der Waals surface area contributed by atoms with E-state index in [4.69, 9.17) is 10.2 Å². The van der Waals surface area contributed by atoms with Gasteiger partial charge in [0, 0.05) is 0 Å². The fourth-order valence-corrected chi connectivity index (χ4v) is 2.69. The van der Waals surface area contributed by atoms with E-state index in [0.29, 0.717) is 0 Å². The van der Waals surface area contributed by atoms with Gasteiger partial charge in [-0.1, -0.05) is 6.07 Å². The molecule has 0 aromatic heterocycles. The molecule has 0 aliphatic carbocycles. The number of hydrogen-bond donors (Lipinski definition) is 2. The quantitative estimate of drug-likeness (QED) is 0.0993. The van der Waals surface area contributed by atoms with Gasteiger partial charge >= 0.3 is 54.2 Å². The summed E-state index contributed by atoms with van der Waals surface area (Å²) in [7, 11) is 0. The van der Waals surface area contributed by atoms with Crippen LogP contribution in [0.1, 0.15) is 11.1 Å². The van der Waals surface area contributed by atoms with Gasteiger partial charge in [0.15, 0.2) is 0 Å². The number of aromatic hydroxyl groups is 2. The molecule has 0 aliphatic rings. The van der Waals surface area contributed by atoms with E-state index >= 15 is 0 Å². The van der Waals surface area contributed by atoms with Crippen LogP contribution < -0.4 is 0 Å². The molecule has 0 fully saturated rings. The van der Waals surface area contributed by atoms with E-state index < -0.39 is 23.5 Å². The number of rotatable bonds is 0. The molecule has 40 heavy (non-hydrogen) atoms. The van der Waals surface area contributed by atoms with Crippen LogP contribution in [-0.4, -0.2) is 15.6 Å². The molecule has 0 amide bonds. The van der Waals surface area contributed by atoms with Gasteiger partial charge in [-0.2, -0.15) is 62.1 Å². The number of benzene rings is 3. The van der Waals surface area contributed by atoms with Crippen LogP contribution in [0.4, 0.5) is 26.3 Å². The number of fused-ring (bicyclic) bond motifs is 1. The Balaban J connectivity index is 0.000000261. The summed E-state index contributed by atoms with van der Waals surface area (Å²) in [6.45, 7) is 4.62. The van der Waals surface area contributed by atoms with Crippen LogP contribution in [0.5, 0.6) is 11.5 Å². The number of phenols is 2. The minimum Gasteiger partial charge on any atom is -0.508 e. The molecule has 0 heterocycles. The topological polar surface area (TPSA) is 40.5 Å². The molecule has 0 bridgehead atoms. The summed E-state index contributed by atoms with van der Waals surface area (Å²) in [5, 5.41) is 20.0. The molecule has 5 aromatic carbocycles.